The van der Waals surface area contributed by atoms with Gasteiger partial charge >= 0.3 is 11.9 Å². The Morgan fingerprint density at radius 3 is 2.32 bits per heavy atom. The molecule has 0 amide bonds. The molecule has 0 spiro atoms. The maximum atomic E-state index is 12.2. The van der Waals surface area contributed by atoms with Gasteiger partial charge < -0.3 is 35.2 Å². The maximum Gasteiger partial charge on any atom is 0.348 e. The number of benzene rings is 2. The number of fused-ring (bicyclic) bond motifs is 1. The van der Waals surface area contributed by atoms with Crippen LogP contribution in [0.1, 0.15) is 30.3 Å². The molecule has 2 heterocycles. The van der Waals surface area contributed by atoms with Crippen LogP contribution in [0.15, 0.2) is 67.0 Å². The minimum absolute atomic E-state index is 0.124. The molecule has 0 aliphatic carbocycles. The van der Waals surface area contributed by atoms with E-state index >= 15 is 0 Å². The van der Waals surface area contributed by atoms with Crippen LogP contribution in [-0.2, 0) is 25.5 Å². The van der Waals surface area contributed by atoms with Crippen molar-refractivity contribution in [3.05, 3.63) is 83.4 Å². The van der Waals surface area contributed by atoms with E-state index in [0.717, 1.165) is 5.56 Å². The Kier molecular flexibility index (Phi) is 10.5. The number of rotatable bonds is 15. The molecule has 0 fully saturated rings. The molecule has 13 nitrogen and oxygen atoms in total. The SMILES string of the molecule is C#C[C@@H](O)[C@@H](O[C@@H](CO)COC(Cc1ccccc1)(C(=O)O)C(=O)O)n1cnc2c(N[C@@H](C)c3ccccc3)nc(Cl)nc21. The van der Waals surface area contributed by atoms with Crippen molar-refractivity contribution in [1.29, 1.82) is 0 Å². The molecule has 0 bridgehead atoms. The normalized spacial score (nSPS) is 14.3. The average Bonchev–Trinajstić information content (AvgIpc) is 3.44. The van der Waals surface area contributed by atoms with E-state index in [4.69, 9.17) is 27.5 Å². The van der Waals surface area contributed by atoms with Gasteiger partial charge in [-0.3, -0.25) is 4.57 Å². The molecule has 5 N–H and O–H groups in total. The lowest BCUT2D eigenvalue weighted by Gasteiger charge is -2.30. The molecule has 0 saturated carbocycles. The number of carboxylic acids is 2. The summed E-state index contributed by atoms with van der Waals surface area (Å²) in [6, 6.07) is 17.4. The summed E-state index contributed by atoms with van der Waals surface area (Å²) in [4.78, 5) is 37.2. The van der Waals surface area contributed by atoms with Crippen molar-refractivity contribution in [1.82, 2.24) is 19.5 Å². The Balaban J connectivity index is 1.61. The van der Waals surface area contributed by atoms with Crippen LogP contribution in [0, 0.1) is 12.3 Å². The molecule has 44 heavy (non-hydrogen) atoms. The first-order valence-electron chi connectivity index (χ1n) is 13.4. The number of ether oxygens (including phenoxy) is 2. The highest BCUT2D eigenvalue weighted by atomic mass is 35.5. The van der Waals surface area contributed by atoms with E-state index < -0.39 is 55.6 Å². The van der Waals surface area contributed by atoms with Crippen molar-refractivity contribution >= 4 is 40.5 Å². The van der Waals surface area contributed by atoms with Crippen LogP contribution >= 0.6 is 11.6 Å². The number of nitrogens with one attached hydrogen (secondary N) is 1. The van der Waals surface area contributed by atoms with Gasteiger partial charge in [0.15, 0.2) is 29.3 Å². The van der Waals surface area contributed by atoms with Gasteiger partial charge in [0.05, 0.1) is 25.6 Å². The second kappa shape index (κ2) is 14.3. The highest BCUT2D eigenvalue weighted by Crippen LogP contribution is 2.29. The van der Waals surface area contributed by atoms with Gasteiger partial charge in [-0.1, -0.05) is 66.6 Å². The smallest absolute Gasteiger partial charge is 0.348 e. The fourth-order valence-electron chi connectivity index (χ4n) is 4.45. The zero-order valence-corrected chi connectivity index (χ0v) is 24.2. The van der Waals surface area contributed by atoms with Crippen LogP contribution in [0.2, 0.25) is 5.28 Å². The quantitative estimate of drug-likeness (QED) is 0.0740. The van der Waals surface area contributed by atoms with E-state index in [9.17, 15) is 30.0 Å². The largest absolute Gasteiger partial charge is 0.479 e. The summed E-state index contributed by atoms with van der Waals surface area (Å²) in [7, 11) is 0. The van der Waals surface area contributed by atoms with E-state index in [0.29, 0.717) is 11.4 Å². The first kappa shape index (κ1) is 32.3. The van der Waals surface area contributed by atoms with E-state index in [1.807, 2.05) is 37.3 Å². The highest BCUT2D eigenvalue weighted by molar-refractivity contribution is 6.28. The number of aliphatic carboxylic acids is 2. The Labute approximate surface area is 257 Å². The van der Waals surface area contributed by atoms with Crippen molar-refractivity contribution in [3.63, 3.8) is 0 Å². The van der Waals surface area contributed by atoms with Gasteiger partial charge in [0.25, 0.3) is 5.60 Å². The summed E-state index contributed by atoms with van der Waals surface area (Å²) in [5, 5.41) is 43.7. The van der Waals surface area contributed by atoms with Crippen LogP contribution in [0.5, 0.6) is 0 Å². The van der Waals surface area contributed by atoms with Gasteiger partial charge in [-0.15, -0.1) is 6.42 Å². The lowest BCUT2D eigenvalue weighted by molar-refractivity contribution is -0.195. The molecule has 230 valence electrons. The summed E-state index contributed by atoms with van der Waals surface area (Å²) in [6.07, 6.45) is 1.87. The van der Waals surface area contributed by atoms with Gasteiger partial charge in [0.1, 0.15) is 6.10 Å². The van der Waals surface area contributed by atoms with Gasteiger partial charge in [-0.2, -0.15) is 9.97 Å². The third-order valence-corrected chi connectivity index (χ3v) is 6.97. The van der Waals surface area contributed by atoms with Gasteiger partial charge in [-0.25, -0.2) is 14.6 Å². The summed E-state index contributed by atoms with van der Waals surface area (Å²) in [5.74, 6) is -1.05. The number of carboxylic acid groups (broad SMARTS) is 2. The molecular formula is C30H30ClN5O8. The minimum atomic E-state index is -2.70. The van der Waals surface area contributed by atoms with Crippen LogP contribution in [0.3, 0.4) is 0 Å². The van der Waals surface area contributed by atoms with Crippen molar-refractivity contribution in [3.8, 4) is 12.3 Å². The van der Waals surface area contributed by atoms with Gasteiger partial charge in [0.2, 0.25) is 5.28 Å². The number of hydrogen-bond donors (Lipinski definition) is 5. The predicted octanol–water partition coefficient (Wildman–Crippen LogP) is 2.69. The second-order valence-electron chi connectivity index (χ2n) is 9.80. The van der Waals surface area contributed by atoms with E-state index in [2.05, 4.69) is 26.2 Å². The molecule has 4 aromatic rings. The summed E-state index contributed by atoms with van der Waals surface area (Å²) >= 11 is 6.24. The number of anilines is 1. The fraction of sp³-hybridized carbons (Fsp3) is 0.300. The van der Waals surface area contributed by atoms with Crippen LogP contribution in [0.25, 0.3) is 11.2 Å². The molecule has 0 aliphatic rings. The number of aliphatic hydroxyl groups is 2. The Hall–Kier alpha value is -4.58. The van der Waals surface area contributed by atoms with E-state index in [1.54, 1.807) is 30.3 Å². The maximum absolute atomic E-state index is 12.2. The zero-order valence-electron chi connectivity index (χ0n) is 23.4. The minimum Gasteiger partial charge on any atom is -0.479 e. The van der Waals surface area contributed by atoms with Crippen molar-refractivity contribution in [2.24, 2.45) is 0 Å². The lowest BCUT2D eigenvalue weighted by Crippen LogP contribution is -2.52. The number of imidazole rings is 1. The van der Waals surface area contributed by atoms with Crippen molar-refractivity contribution in [2.75, 3.05) is 18.5 Å². The van der Waals surface area contributed by atoms with Crippen LogP contribution in [0.4, 0.5) is 5.82 Å². The Morgan fingerprint density at radius 1 is 1.09 bits per heavy atom. The lowest BCUT2D eigenvalue weighted by atomic mass is 9.94. The monoisotopic (exact) mass is 623 g/mol. The molecule has 2 aromatic heterocycles. The number of hydrogen-bond acceptors (Lipinski definition) is 10. The van der Waals surface area contributed by atoms with E-state index in [-0.39, 0.29) is 22.5 Å². The third kappa shape index (κ3) is 7.13. The molecule has 4 rings (SSSR count). The second-order valence-corrected chi connectivity index (χ2v) is 10.1. The molecule has 14 heteroatoms. The number of aromatic nitrogens is 4. The predicted molar refractivity (Wildman–Crippen MR) is 159 cm³/mol. The summed E-state index contributed by atoms with van der Waals surface area (Å²) in [6.45, 7) is 0.470. The molecule has 2 aromatic carbocycles. The molecular weight excluding hydrogens is 594 g/mol. The van der Waals surface area contributed by atoms with Crippen LogP contribution < -0.4 is 5.32 Å². The molecule has 4 atom stereocenters. The number of carbonyl (C=O) groups is 2. The standard InChI is InChI=1S/C30H30ClN5O8/c1-3-22(38)26(44-21(15-37)16-43-30(27(39)40,28(41)42)14-19-10-6-4-7-11-19)36-17-32-23-24(34-29(31)35-25(23)36)33-18(2)20-12-8-5-9-13-20/h1,4-13,17-18,21-22,26,37-38H,14-16H2,2H3,(H,39,40)(H,41,42)(H,33,34,35)/t18-,21-,22+,26+/m0/s1. The highest BCUT2D eigenvalue weighted by Gasteiger charge is 2.49. The Morgan fingerprint density at radius 2 is 1.73 bits per heavy atom. The fourth-order valence-corrected chi connectivity index (χ4v) is 4.61. The van der Waals surface area contributed by atoms with Crippen molar-refractivity contribution in [2.45, 2.75) is 43.4 Å². The third-order valence-electron chi connectivity index (χ3n) is 6.80. The van der Waals surface area contributed by atoms with E-state index in [1.165, 1.54) is 10.9 Å². The molecule has 0 unspecified atom stereocenters. The number of nitrogens with zero attached hydrogens (tertiary/aromatic N) is 4. The van der Waals surface area contributed by atoms with Gasteiger partial charge in [-0.05, 0) is 29.7 Å². The average molecular weight is 624 g/mol. The molecule has 0 saturated heterocycles. The zero-order chi connectivity index (χ0) is 31.9. The number of halogens is 1. The topological polar surface area (TPSA) is 189 Å². The molecule has 0 radical (unpaired) electrons. The van der Waals surface area contributed by atoms with Crippen LogP contribution in [-0.4, -0.2) is 82.9 Å². The first-order valence-corrected chi connectivity index (χ1v) is 13.7. The number of terminal acetylenes is 1. The first-order chi connectivity index (χ1) is 21.1. The summed E-state index contributed by atoms with van der Waals surface area (Å²) < 4.78 is 12.6. The van der Waals surface area contributed by atoms with Crippen molar-refractivity contribution < 1.29 is 39.5 Å². The summed E-state index contributed by atoms with van der Waals surface area (Å²) in [5.41, 5.74) is -0.941. The molecule has 0 aliphatic heterocycles. The van der Waals surface area contributed by atoms with Gasteiger partial charge in [0, 0.05) is 6.42 Å². The Bertz CT molecular complexity index is 1620. The number of aliphatic hydroxyl groups excluding tert-OH is 2.